The molecule has 0 heterocycles. The van der Waals surface area contributed by atoms with Crippen LogP contribution in [0, 0.1) is 0 Å². The number of carbonyl (C=O) groups excluding carboxylic acids is 1. The summed E-state index contributed by atoms with van der Waals surface area (Å²) in [7, 11) is 1.60. The molecule has 0 atom stereocenters. The van der Waals surface area contributed by atoms with Crippen molar-refractivity contribution in [1.82, 2.24) is 5.43 Å². The number of carbonyl (C=O) groups is 1. The summed E-state index contributed by atoms with van der Waals surface area (Å²) in [5, 5.41) is 9.35. The minimum absolute atomic E-state index is 0.126. The molecule has 0 aliphatic rings. The summed E-state index contributed by atoms with van der Waals surface area (Å²) in [5.74, 6) is 0.473. The molecule has 0 aliphatic carbocycles. The lowest BCUT2D eigenvalue weighted by molar-refractivity contribution is -0.119. The van der Waals surface area contributed by atoms with Gasteiger partial charge in [-0.05, 0) is 61.0 Å². The lowest BCUT2D eigenvalue weighted by Gasteiger charge is -2.09. The van der Waals surface area contributed by atoms with E-state index in [9.17, 15) is 4.79 Å². The second kappa shape index (κ2) is 9.01. The maximum absolute atomic E-state index is 12.1. The number of ether oxygens (including phenoxy) is 1. The second-order valence-corrected chi connectivity index (χ2v) is 7.40. The second-order valence-electron chi connectivity index (χ2n) is 5.69. The third-order valence-electron chi connectivity index (χ3n) is 3.86. The number of hydrogen-bond acceptors (Lipinski definition) is 4. The highest BCUT2D eigenvalue weighted by Gasteiger charge is 2.07. The normalized spacial score (nSPS) is 10.9. The number of nitrogens with zero attached hydrogens (tertiary/aromatic N) is 1. The van der Waals surface area contributed by atoms with Crippen molar-refractivity contribution in [3.63, 3.8) is 0 Å². The van der Waals surface area contributed by atoms with Crippen LogP contribution in [0.15, 0.2) is 68.6 Å². The van der Waals surface area contributed by atoms with Gasteiger partial charge in [-0.3, -0.25) is 4.79 Å². The standard InChI is InChI=1S/C20H17Br2N3O2/c1-27-20-16(21)9-13(10-17(20)22)11-24-25-19(26)12-23-18-8-4-6-14-5-2-3-7-15(14)18/h2-11,23H,12H2,1H3,(H,25,26). The number of amides is 1. The highest BCUT2D eigenvalue weighted by atomic mass is 79.9. The van der Waals surface area contributed by atoms with E-state index >= 15 is 0 Å². The third kappa shape index (κ3) is 4.87. The van der Waals surface area contributed by atoms with Crippen LogP contribution in [0.2, 0.25) is 0 Å². The lowest BCUT2D eigenvalue weighted by atomic mass is 10.1. The SMILES string of the molecule is COc1c(Br)cc(C=NNC(=O)CNc2cccc3ccccc23)cc1Br. The molecule has 5 nitrogen and oxygen atoms in total. The van der Waals surface area contributed by atoms with Crippen LogP contribution in [0.5, 0.6) is 5.75 Å². The molecule has 0 unspecified atom stereocenters. The van der Waals surface area contributed by atoms with E-state index in [2.05, 4.69) is 47.7 Å². The van der Waals surface area contributed by atoms with Crippen molar-refractivity contribution < 1.29 is 9.53 Å². The van der Waals surface area contributed by atoms with E-state index in [0.717, 1.165) is 31.0 Å². The van der Waals surface area contributed by atoms with Crippen LogP contribution in [0.25, 0.3) is 10.8 Å². The average Bonchev–Trinajstić information content (AvgIpc) is 2.66. The van der Waals surface area contributed by atoms with Crippen LogP contribution in [0.3, 0.4) is 0 Å². The Morgan fingerprint density at radius 3 is 2.56 bits per heavy atom. The number of hydrogen-bond donors (Lipinski definition) is 2. The van der Waals surface area contributed by atoms with Gasteiger partial charge in [0.25, 0.3) is 5.91 Å². The monoisotopic (exact) mass is 489 g/mol. The topological polar surface area (TPSA) is 62.7 Å². The van der Waals surface area contributed by atoms with Gasteiger partial charge in [-0.25, -0.2) is 5.43 Å². The molecule has 0 spiro atoms. The molecular weight excluding hydrogens is 474 g/mol. The first kappa shape index (κ1) is 19.4. The smallest absolute Gasteiger partial charge is 0.259 e. The molecule has 3 aromatic carbocycles. The van der Waals surface area contributed by atoms with Crippen molar-refractivity contribution in [1.29, 1.82) is 0 Å². The fraction of sp³-hybridized carbons (Fsp3) is 0.100. The predicted octanol–water partition coefficient (Wildman–Crippen LogP) is 4.94. The lowest BCUT2D eigenvalue weighted by Crippen LogP contribution is -2.25. The molecule has 0 radical (unpaired) electrons. The zero-order valence-corrected chi connectivity index (χ0v) is 17.7. The van der Waals surface area contributed by atoms with Crippen LogP contribution >= 0.6 is 31.9 Å². The first-order valence-electron chi connectivity index (χ1n) is 8.15. The summed E-state index contributed by atoms with van der Waals surface area (Å²) in [6.07, 6.45) is 1.57. The molecule has 3 aromatic rings. The Morgan fingerprint density at radius 2 is 1.81 bits per heavy atom. The minimum atomic E-state index is -0.231. The number of nitrogens with one attached hydrogen (secondary N) is 2. The first-order valence-corrected chi connectivity index (χ1v) is 9.73. The van der Waals surface area contributed by atoms with Crippen LogP contribution < -0.4 is 15.5 Å². The van der Waals surface area contributed by atoms with E-state index in [0.29, 0.717) is 5.75 Å². The number of methoxy groups -OCH3 is 1. The number of fused-ring (bicyclic) bond motifs is 1. The quantitative estimate of drug-likeness (QED) is 0.380. The van der Waals surface area contributed by atoms with E-state index in [1.807, 2.05) is 54.6 Å². The van der Waals surface area contributed by atoms with E-state index in [-0.39, 0.29) is 12.5 Å². The van der Waals surface area contributed by atoms with Crippen molar-refractivity contribution in [3.8, 4) is 5.75 Å². The van der Waals surface area contributed by atoms with Gasteiger partial charge in [0.2, 0.25) is 0 Å². The Morgan fingerprint density at radius 1 is 1.11 bits per heavy atom. The van der Waals surface area contributed by atoms with Gasteiger partial charge in [-0.15, -0.1) is 0 Å². The zero-order valence-electron chi connectivity index (χ0n) is 14.5. The van der Waals surface area contributed by atoms with E-state index in [1.165, 1.54) is 0 Å². The molecular formula is C20H17Br2N3O2. The maximum atomic E-state index is 12.1. The van der Waals surface area contributed by atoms with Gasteiger partial charge in [0, 0.05) is 11.1 Å². The number of halogens is 2. The Hall–Kier alpha value is -2.38. The van der Waals surface area contributed by atoms with Gasteiger partial charge in [0.15, 0.2) is 0 Å². The predicted molar refractivity (Wildman–Crippen MR) is 117 cm³/mol. The van der Waals surface area contributed by atoms with E-state index in [1.54, 1.807) is 13.3 Å². The van der Waals surface area contributed by atoms with Gasteiger partial charge in [-0.1, -0.05) is 36.4 Å². The molecule has 2 N–H and O–H groups in total. The molecule has 7 heteroatoms. The van der Waals surface area contributed by atoms with Crippen LogP contribution in [-0.2, 0) is 4.79 Å². The third-order valence-corrected chi connectivity index (χ3v) is 5.03. The minimum Gasteiger partial charge on any atom is -0.494 e. The Kier molecular flexibility index (Phi) is 6.47. The van der Waals surface area contributed by atoms with Crippen molar-refractivity contribution >= 4 is 60.4 Å². The number of rotatable bonds is 6. The summed E-state index contributed by atoms with van der Waals surface area (Å²) < 4.78 is 6.85. The highest BCUT2D eigenvalue weighted by molar-refractivity contribution is 9.11. The number of anilines is 1. The Labute approximate surface area is 174 Å². The van der Waals surface area contributed by atoms with Crippen molar-refractivity contribution in [3.05, 3.63) is 69.1 Å². The summed E-state index contributed by atoms with van der Waals surface area (Å²) in [6.45, 7) is 0.126. The molecule has 0 aliphatic heterocycles. The Balaban J connectivity index is 1.59. The van der Waals surface area contributed by atoms with Crippen molar-refractivity contribution in [2.75, 3.05) is 19.0 Å². The number of hydrazone groups is 1. The molecule has 0 fully saturated rings. The largest absolute Gasteiger partial charge is 0.494 e. The summed E-state index contributed by atoms with van der Waals surface area (Å²) in [4.78, 5) is 12.1. The van der Waals surface area contributed by atoms with Gasteiger partial charge >= 0.3 is 0 Å². The molecule has 0 aromatic heterocycles. The van der Waals surface area contributed by atoms with Gasteiger partial charge in [0.05, 0.1) is 28.8 Å². The van der Waals surface area contributed by atoms with Crippen molar-refractivity contribution in [2.24, 2.45) is 5.10 Å². The first-order chi connectivity index (χ1) is 13.1. The van der Waals surface area contributed by atoms with Gasteiger partial charge in [0.1, 0.15) is 5.75 Å². The summed E-state index contributed by atoms with van der Waals surface area (Å²) in [5.41, 5.74) is 4.25. The van der Waals surface area contributed by atoms with Crippen LogP contribution in [0.1, 0.15) is 5.56 Å². The van der Waals surface area contributed by atoms with E-state index < -0.39 is 0 Å². The summed E-state index contributed by atoms with van der Waals surface area (Å²) >= 11 is 6.87. The number of benzene rings is 3. The fourth-order valence-corrected chi connectivity index (χ4v) is 4.17. The molecule has 0 saturated heterocycles. The van der Waals surface area contributed by atoms with Gasteiger partial charge in [-0.2, -0.15) is 5.10 Å². The molecule has 138 valence electrons. The van der Waals surface area contributed by atoms with Gasteiger partial charge < -0.3 is 10.1 Å². The highest BCUT2D eigenvalue weighted by Crippen LogP contribution is 2.33. The molecule has 1 amide bonds. The Bertz CT molecular complexity index is 977. The molecule has 27 heavy (non-hydrogen) atoms. The van der Waals surface area contributed by atoms with E-state index in [4.69, 9.17) is 4.74 Å². The molecule has 0 saturated carbocycles. The summed E-state index contributed by atoms with van der Waals surface area (Å²) in [6, 6.07) is 17.7. The van der Waals surface area contributed by atoms with Crippen molar-refractivity contribution in [2.45, 2.75) is 0 Å². The van der Waals surface area contributed by atoms with Crippen LogP contribution in [-0.4, -0.2) is 25.8 Å². The zero-order chi connectivity index (χ0) is 19.2. The molecule has 0 bridgehead atoms. The average molecular weight is 491 g/mol. The van der Waals surface area contributed by atoms with Crippen LogP contribution in [0.4, 0.5) is 5.69 Å². The fourth-order valence-electron chi connectivity index (χ4n) is 2.62. The molecule has 3 rings (SSSR count). The maximum Gasteiger partial charge on any atom is 0.259 e.